The van der Waals surface area contributed by atoms with Crippen LogP contribution in [0.4, 0.5) is 4.79 Å². The van der Waals surface area contributed by atoms with Crippen LogP contribution in [0, 0.1) is 5.92 Å². The fraction of sp³-hybridized carbons (Fsp3) is 0.467. The van der Waals surface area contributed by atoms with Crippen LogP contribution in [-0.4, -0.2) is 48.0 Å². The highest BCUT2D eigenvalue weighted by Crippen LogP contribution is 2.45. The summed E-state index contributed by atoms with van der Waals surface area (Å²) < 4.78 is 26.5. The lowest BCUT2D eigenvalue weighted by Gasteiger charge is -2.20. The lowest BCUT2D eigenvalue weighted by Crippen LogP contribution is -2.38. The molecule has 1 saturated heterocycles. The second-order valence-electron chi connectivity index (χ2n) is 11.1. The van der Waals surface area contributed by atoms with E-state index in [9.17, 15) is 13.2 Å². The minimum atomic E-state index is -3.23. The summed E-state index contributed by atoms with van der Waals surface area (Å²) in [4.78, 5) is 15.6. The molecule has 1 aromatic heterocycles. The number of likely N-dealkylation sites (tertiary alicyclic amines) is 1. The Kier molecular flexibility index (Phi) is 6.76. The topological polar surface area (TPSA) is 84.3 Å². The molecule has 2 aromatic carbocycles. The van der Waals surface area contributed by atoms with Crippen LogP contribution in [0.5, 0.6) is 0 Å². The van der Waals surface area contributed by atoms with Crippen LogP contribution in [0.3, 0.4) is 0 Å². The molecule has 1 aliphatic heterocycles. The first-order valence-electron chi connectivity index (χ1n) is 13.9. The Morgan fingerprint density at radius 3 is 2.34 bits per heavy atom. The molecule has 0 spiro atoms. The van der Waals surface area contributed by atoms with E-state index < -0.39 is 9.84 Å². The Hall–Kier alpha value is -3.13. The second kappa shape index (κ2) is 10.2. The molecule has 7 nitrogen and oxygen atoms in total. The molecule has 2 amide bonds. The lowest BCUT2D eigenvalue weighted by molar-refractivity contribution is 0.207. The predicted molar refractivity (Wildman–Crippen MR) is 147 cm³/mol. The quantitative estimate of drug-likeness (QED) is 0.418. The van der Waals surface area contributed by atoms with Crippen molar-refractivity contribution in [1.29, 1.82) is 0 Å². The third kappa shape index (κ3) is 5.37. The maximum absolute atomic E-state index is 13.3. The molecule has 3 aromatic rings. The number of rotatable bonds is 9. The third-order valence-corrected chi connectivity index (χ3v) is 10.0. The van der Waals surface area contributed by atoms with Crippen molar-refractivity contribution in [2.45, 2.75) is 68.3 Å². The molecule has 2 unspecified atom stereocenters. The summed E-state index contributed by atoms with van der Waals surface area (Å²) in [7, 11) is -3.23. The lowest BCUT2D eigenvalue weighted by atomic mass is 9.86. The van der Waals surface area contributed by atoms with Gasteiger partial charge >= 0.3 is 6.03 Å². The molecule has 8 heteroatoms. The first-order chi connectivity index (χ1) is 18.4. The molecule has 2 heterocycles. The standard InChI is InChI=1S/C30H36N4O3S/c1-2-38(36,37)25-14-10-21(11-15-25)17-31-30(35)33-19-26(23-6-4-3-5-7-23)27(20-33)29-16-28(24-12-13-24)32-34(29)18-22-8-9-22/h3-7,10-11,14-16,22,24,26-27H,2,8-9,12-13,17-20H2,1H3,(H,31,35). The number of nitrogens with one attached hydrogen (secondary N) is 1. The average molecular weight is 533 g/mol. The van der Waals surface area contributed by atoms with Crippen molar-refractivity contribution in [1.82, 2.24) is 20.0 Å². The molecule has 1 N–H and O–H groups in total. The molecule has 200 valence electrons. The molecule has 0 radical (unpaired) electrons. The van der Waals surface area contributed by atoms with Gasteiger partial charge in [0.15, 0.2) is 9.84 Å². The van der Waals surface area contributed by atoms with Gasteiger partial charge in [-0.1, -0.05) is 49.4 Å². The van der Waals surface area contributed by atoms with Crippen LogP contribution in [0.25, 0.3) is 0 Å². The van der Waals surface area contributed by atoms with E-state index in [1.807, 2.05) is 11.0 Å². The zero-order chi connectivity index (χ0) is 26.3. The number of aromatic nitrogens is 2. The van der Waals surface area contributed by atoms with Crippen molar-refractivity contribution in [3.63, 3.8) is 0 Å². The Morgan fingerprint density at radius 2 is 1.68 bits per heavy atom. The Morgan fingerprint density at radius 1 is 0.974 bits per heavy atom. The summed E-state index contributed by atoms with van der Waals surface area (Å²) in [5.74, 6) is 1.81. The van der Waals surface area contributed by atoms with Gasteiger partial charge in [0.1, 0.15) is 0 Å². The Labute approximate surface area is 225 Å². The molecular formula is C30H36N4O3S. The van der Waals surface area contributed by atoms with Crippen LogP contribution in [0.1, 0.15) is 72.9 Å². The van der Waals surface area contributed by atoms with E-state index in [1.54, 1.807) is 31.2 Å². The van der Waals surface area contributed by atoms with Crippen molar-refractivity contribution < 1.29 is 13.2 Å². The number of hydrogen-bond acceptors (Lipinski definition) is 4. The van der Waals surface area contributed by atoms with Gasteiger partial charge in [-0.25, -0.2) is 13.2 Å². The van der Waals surface area contributed by atoms with Gasteiger partial charge in [-0.3, -0.25) is 4.68 Å². The zero-order valence-corrected chi connectivity index (χ0v) is 22.7. The maximum atomic E-state index is 13.3. The second-order valence-corrected chi connectivity index (χ2v) is 13.4. The Balaban J connectivity index is 1.20. The minimum absolute atomic E-state index is 0.0729. The number of carbonyl (C=O) groups is 1. The van der Waals surface area contributed by atoms with E-state index in [0.29, 0.717) is 30.4 Å². The highest BCUT2D eigenvalue weighted by molar-refractivity contribution is 7.91. The predicted octanol–water partition coefficient (Wildman–Crippen LogP) is 5.06. The number of sulfone groups is 1. The summed E-state index contributed by atoms with van der Waals surface area (Å²) in [6.07, 6.45) is 5.02. The van der Waals surface area contributed by atoms with Crippen molar-refractivity contribution >= 4 is 15.9 Å². The van der Waals surface area contributed by atoms with Gasteiger partial charge in [0.2, 0.25) is 0 Å². The van der Waals surface area contributed by atoms with Crippen molar-refractivity contribution in [3.8, 4) is 0 Å². The molecule has 2 aliphatic carbocycles. The van der Waals surface area contributed by atoms with E-state index in [1.165, 1.54) is 42.6 Å². The molecule has 3 aliphatic rings. The number of amides is 2. The monoisotopic (exact) mass is 532 g/mol. The van der Waals surface area contributed by atoms with Crippen LogP contribution in [0.2, 0.25) is 0 Å². The van der Waals surface area contributed by atoms with Crippen LogP contribution < -0.4 is 5.32 Å². The number of nitrogens with zero attached hydrogens (tertiary/aromatic N) is 3. The fourth-order valence-corrected chi connectivity index (χ4v) is 6.48. The van der Waals surface area contributed by atoms with E-state index in [4.69, 9.17) is 5.10 Å². The fourth-order valence-electron chi connectivity index (χ4n) is 5.60. The van der Waals surface area contributed by atoms with E-state index in [2.05, 4.69) is 40.3 Å². The van der Waals surface area contributed by atoms with Gasteiger partial charge in [-0.15, -0.1) is 0 Å². The largest absolute Gasteiger partial charge is 0.334 e. The molecule has 38 heavy (non-hydrogen) atoms. The Bertz CT molecular complexity index is 1390. The minimum Gasteiger partial charge on any atom is -0.334 e. The summed E-state index contributed by atoms with van der Waals surface area (Å²) in [5.41, 5.74) is 4.63. The molecule has 0 bridgehead atoms. The molecular weight excluding hydrogens is 496 g/mol. The average Bonchev–Trinajstić information content (AvgIpc) is 3.87. The summed E-state index contributed by atoms with van der Waals surface area (Å²) in [5, 5.41) is 8.12. The molecule has 2 saturated carbocycles. The van der Waals surface area contributed by atoms with Gasteiger partial charge < -0.3 is 10.2 Å². The summed E-state index contributed by atoms with van der Waals surface area (Å²) in [6, 6.07) is 19.6. The van der Waals surface area contributed by atoms with Crippen molar-refractivity contribution in [3.05, 3.63) is 83.2 Å². The highest BCUT2D eigenvalue weighted by Gasteiger charge is 2.40. The first kappa shape index (κ1) is 25.2. The van der Waals surface area contributed by atoms with Gasteiger partial charge in [-0.05, 0) is 60.9 Å². The van der Waals surface area contributed by atoms with Crippen LogP contribution in [-0.2, 0) is 22.9 Å². The number of carbonyl (C=O) groups excluding carboxylic acids is 1. The van der Waals surface area contributed by atoms with Crippen LogP contribution in [0.15, 0.2) is 65.6 Å². The van der Waals surface area contributed by atoms with Gasteiger partial charge in [0, 0.05) is 49.6 Å². The van der Waals surface area contributed by atoms with Gasteiger partial charge in [0.05, 0.1) is 16.3 Å². The smallest absolute Gasteiger partial charge is 0.317 e. The highest BCUT2D eigenvalue weighted by atomic mass is 32.2. The third-order valence-electron chi connectivity index (χ3n) is 8.27. The van der Waals surface area contributed by atoms with E-state index in [0.717, 1.165) is 18.0 Å². The summed E-state index contributed by atoms with van der Waals surface area (Å²) in [6.45, 7) is 4.28. The SMILES string of the molecule is CCS(=O)(=O)c1ccc(CNC(=O)N2CC(c3ccccc3)C(c3cc(C4CC4)nn3CC3CC3)C2)cc1. The molecule has 6 rings (SSSR count). The van der Waals surface area contributed by atoms with Gasteiger partial charge in [-0.2, -0.15) is 5.10 Å². The van der Waals surface area contributed by atoms with Gasteiger partial charge in [0.25, 0.3) is 0 Å². The zero-order valence-electron chi connectivity index (χ0n) is 21.9. The molecule has 2 atom stereocenters. The first-order valence-corrected chi connectivity index (χ1v) is 15.5. The summed E-state index contributed by atoms with van der Waals surface area (Å²) >= 11 is 0. The number of urea groups is 1. The number of hydrogen-bond donors (Lipinski definition) is 1. The van der Waals surface area contributed by atoms with Crippen molar-refractivity contribution in [2.75, 3.05) is 18.8 Å². The molecule has 3 fully saturated rings. The normalized spacial score (nSPS) is 21.6. The van der Waals surface area contributed by atoms with Crippen molar-refractivity contribution in [2.24, 2.45) is 5.92 Å². The van der Waals surface area contributed by atoms with E-state index in [-0.39, 0.29) is 23.6 Å². The van der Waals surface area contributed by atoms with E-state index >= 15 is 0 Å². The van der Waals surface area contributed by atoms with Crippen LogP contribution >= 0.6 is 0 Å². The number of benzene rings is 2. The maximum Gasteiger partial charge on any atom is 0.317 e.